The summed E-state index contributed by atoms with van der Waals surface area (Å²) in [4.78, 5) is 27.4. The van der Waals surface area contributed by atoms with Crippen molar-refractivity contribution in [2.75, 3.05) is 13.7 Å². The molecule has 1 spiro atoms. The van der Waals surface area contributed by atoms with Crippen molar-refractivity contribution in [3.8, 4) is 0 Å². The molecule has 1 amide bonds. The van der Waals surface area contributed by atoms with Gasteiger partial charge in [-0.05, 0) is 40.0 Å². The third-order valence-electron chi connectivity index (χ3n) is 6.36. The molecule has 0 aromatic carbocycles. The smallest absolute Gasteiger partial charge is 0.295 e. The Hall–Kier alpha value is -1.69. The van der Waals surface area contributed by atoms with Crippen LogP contribution in [0.2, 0.25) is 0 Å². The first-order valence-corrected chi connectivity index (χ1v) is 9.26. The van der Waals surface area contributed by atoms with Crippen molar-refractivity contribution in [3.05, 3.63) is 17.0 Å². The Balaban J connectivity index is 1.80. The number of ketones is 1. The fourth-order valence-corrected chi connectivity index (χ4v) is 4.90. The zero-order valence-electron chi connectivity index (χ0n) is 16.0. The Bertz CT molecular complexity index is 688. The minimum atomic E-state index is -0.446. The van der Waals surface area contributed by atoms with Crippen molar-refractivity contribution in [2.45, 2.75) is 65.0 Å². The summed E-state index contributed by atoms with van der Waals surface area (Å²) in [5.41, 5.74) is 1.84. The summed E-state index contributed by atoms with van der Waals surface area (Å²) in [6.07, 6.45) is 5.57. The van der Waals surface area contributed by atoms with E-state index in [1.165, 1.54) is 12.8 Å². The highest BCUT2D eigenvalue weighted by molar-refractivity contribution is 6.43. The summed E-state index contributed by atoms with van der Waals surface area (Å²) >= 11 is 0. The van der Waals surface area contributed by atoms with Crippen LogP contribution in [0.5, 0.6) is 0 Å². The number of nitrogens with zero attached hydrogens (tertiary/aromatic N) is 3. The number of carbonyl (C=O) groups is 2. The Morgan fingerprint density at radius 1 is 1.32 bits per heavy atom. The molecule has 2 fully saturated rings. The number of Topliss-reactive ketones (excluding diaryl/α,β-unsaturated/α-hetero) is 1. The van der Waals surface area contributed by atoms with Gasteiger partial charge in [-0.2, -0.15) is 5.10 Å². The number of hydrogen-bond donors (Lipinski definition) is 0. The molecule has 25 heavy (non-hydrogen) atoms. The highest BCUT2D eigenvalue weighted by Crippen LogP contribution is 2.56. The van der Waals surface area contributed by atoms with Crippen LogP contribution in [-0.2, 0) is 16.6 Å². The van der Waals surface area contributed by atoms with E-state index in [9.17, 15) is 9.59 Å². The summed E-state index contributed by atoms with van der Waals surface area (Å²) in [6, 6.07) is 0.0975. The molecule has 2 aliphatic rings. The molecular formula is C19H29N3O3. The van der Waals surface area contributed by atoms with Crippen molar-refractivity contribution < 1.29 is 14.3 Å². The number of likely N-dealkylation sites (N-methyl/N-ethyl adjacent to an activating group) is 1. The van der Waals surface area contributed by atoms with Crippen LogP contribution in [0.4, 0.5) is 0 Å². The van der Waals surface area contributed by atoms with Crippen LogP contribution >= 0.6 is 0 Å². The molecule has 2 saturated carbocycles. The van der Waals surface area contributed by atoms with Crippen LogP contribution in [0.25, 0.3) is 0 Å². The molecule has 0 saturated heterocycles. The van der Waals surface area contributed by atoms with Gasteiger partial charge in [0.15, 0.2) is 0 Å². The first-order valence-electron chi connectivity index (χ1n) is 9.26. The summed E-state index contributed by atoms with van der Waals surface area (Å²) in [5, 5.41) is 4.26. The molecule has 2 atom stereocenters. The van der Waals surface area contributed by atoms with Gasteiger partial charge in [0, 0.05) is 37.9 Å². The Kier molecular flexibility index (Phi) is 4.75. The molecule has 6 nitrogen and oxygen atoms in total. The SMILES string of the molecule is CCO[C@H]1C[C@@H](N(C)C(=O)C(=O)c2c(C)nn(C)c2C)C12CCCC2. The number of aromatic nitrogens is 2. The van der Waals surface area contributed by atoms with Crippen LogP contribution in [0.3, 0.4) is 0 Å². The van der Waals surface area contributed by atoms with E-state index in [0.29, 0.717) is 17.9 Å². The topological polar surface area (TPSA) is 64.4 Å². The van der Waals surface area contributed by atoms with E-state index >= 15 is 0 Å². The van der Waals surface area contributed by atoms with Gasteiger partial charge in [0.2, 0.25) is 0 Å². The Labute approximate surface area is 149 Å². The van der Waals surface area contributed by atoms with E-state index < -0.39 is 11.7 Å². The third kappa shape index (κ3) is 2.71. The fourth-order valence-electron chi connectivity index (χ4n) is 4.90. The van der Waals surface area contributed by atoms with Crippen LogP contribution in [0.15, 0.2) is 0 Å². The fraction of sp³-hybridized carbons (Fsp3) is 0.737. The molecule has 6 heteroatoms. The largest absolute Gasteiger partial charge is 0.378 e. The lowest BCUT2D eigenvalue weighted by Crippen LogP contribution is -2.64. The number of hydrogen-bond acceptors (Lipinski definition) is 4. The number of amides is 1. The van der Waals surface area contributed by atoms with Gasteiger partial charge in [0.25, 0.3) is 11.7 Å². The van der Waals surface area contributed by atoms with E-state index in [-0.39, 0.29) is 17.6 Å². The lowest BCUT2D eigenvalue weighted by atomic mass is 9.60. The molecule has 0 radical (unpaired) electrons. The van der Waals surface area contributed by atoms with Gasteiger partial charge < -0.3 is 9.64 Å². The quantitative estimate of drug-likeness (QED) is 0.606. The zero-order valence-corrected chi connectivity index (χ0v) is 16.0. The second-order valence-corrected chi connectivity index (χ2v) is 7.55. The lowest BCUT2D eigenvalue weighted by molar-refractivity contribution is -0.169. The highest BCUT2D eigenvalue weighted by Gasteiger charge is 2.59. The minimum absolute atomic E-state index is 0.0414. The first-order chi connectivity index (χ1) is 11.8. The van der Waals surface area contributed by atoms with Gasteiger partial charge in [-0.25, -0.2) is 0 Å². The number of aryl methyl sites for hydroxylation is 2. The van der Waals surface area contributed by atoms with E-state index in [2.05, 4.69) is 5.10 Å². The lowest BCUT2D eigenvalue weighted by Gasteiger charge is -2.56. The number of rotatable bonds is 5. The van der Waals surface area contributed by atoms with Gasteiger partial charge in [-0.15, -0.1) is 0 Å². The minimum Gasteiger partial charge on any atom is -0.378 e. The van der Waals surface area contributed by atoms with Crippen molar-refractivity contribution in [1.82, 2.24) is 14.7 Å². The molecule has 0 bridgehead atoms. The molecule has 2 aliphatic carbocycles. The monoisotopic (exact) mass is 347 g/mol. The van der Waals surface area contributed by atoms with Crippen molar-refractivity contribution >= 4 is 11.7 Å². The maximum atomic E-state index is 12.9. The standard InChI is InChI=1S/C19H29N3O3/c1-6-25-15-11-14(19(15)9-7-8-10-19)21(4)18(24)17(23)16-12(2)20-22(5)13(16)3/h14-15H,6-11H2,1-5H3/t14-,15+/m1/s1. The van der Waals surface area contributed by atoms with E-state index in [1.54, 1.807) is 30.6 Å². The van der Waals surface area contributed by atoms with E-state index in [0.717, 1.165) is 25.0 Å². The predicted molar refractivity (Wildman–Crippen MR) is 94.5 cm³/mol. The molecular weight excluding hydrogens is 318 g/mol. The molecule has 1 aromatic rings. The normalized spacial score (nSPS) is 24.4. The molecule has 1 heterocycles. The van der Waals surface area contributed by atoms with Gasteiger partial charge in [0.05, 0.1) is 17.4 Å². The molecule has 1 aromatic heterocycles. The highest BCUT2D eigenvalue weighted by atomic mass is 16.5. The van der Waals surface area contributed by atoms with Gasteiger partial charge >= 0.3 is 0 Å². The number of carbonyl (C=O) groups excluding carboxylic acids is 2. The summed E-state index contributed by atoms with van der Waals surface area (Å²) < 4.78 is 7.58. The van der Waals surface area contributed by atoms with E-state index in [4.69, 9.17) is 4.74 Å². The molecule has 0 aliphatic heterocycles. The Morgan fingerprint density at radius 3 is 2.48 bits per heavy atom. The average molecular weight is 347 g/mol. The second kappa shape index (κ2) is 6.56. The maximum absolute atomic E-state index is 12.9. The van der Waals surface area contributed by atoms with Gasteiger partial charge in [-0.3, -0.25) is 14.3 Å². The van der Waals surface area contributed by atoms with Gasteiger partial charge in [0.1, 0.15) is 0 Å². The summed E-state index contributed by atoms with van der Waals surface area (Å²) in [6.45, 7) is 6.32. The van der Waals surface area contributed by atoms with Crippen molar-refractivity contribution in [2.24, 2.45) is 12.5 Å². The zero-order chi connectivity index (χ0) is 18.4. The molecule has 0 unspecified atom stereocenters. The first kappa shape index (κ1) is 18.1. The molecule has 138 valence electrons. The summed E-state index contributed by atoms with van der Waals surface area (Å²) in [5.74, 6) is -0.871. The Morgan fingerprint density at radius 2 is 1.96 bits per heavy atom. The number of ether oxygens (including phenoxy) is 1. The average Bonchev–Trinajstić information content (AvgIpc) is 3.17. The third-order valence-corrected chi connectivity index (χ3v) is 6.36. The predicted octanol–water partition coefficient (Wildman–Crippen LogP) is 2.42. The molecule has 0 N–H and O–H groups in total. The van der Waals surface area contributed by atoms with Crippen molar-refractivity contribution in [1.29, 1.82) is 0 Å². The van der Waals surface area contributed by atoms with Crippen LogP contribution in [0, 0.1) is 19.3 Å². The van der Waals surface area contributed by atoms with Crippen LogP contribution in [-0.4, -0.2) is 52.2 Å². The van der Waals surface area contributed by atoms with Crippen LogP contribution < -0.4 is 0 Å². The van der Waals surface area contributed by atoms with Crippen molar-refractivity contribution in [3.63, 3.8) is 0 Å². The summed E-state index contributed by atoms with van der Waals surface area (Å²) in [7, 11) is 3.56. The molecule has 3 rings (SSSR count). The van der Waals surface area contributed by atoms with E-state index in [1.807, 2.05) is 13.8 Å². The van der Waals surface area contributed by atoms with Gasteiger partial charge in [-0.1, -0.05) is 12.8 Å². The van der Waals surface area contributed by atoms with Crippen LogP contribution in [0.1, 0.15) is 60.8 Å². The second-order valence-electron chi connectivity index (χ2n) is 7.55. The maximum Gasteiger partial charge on any atom is 0.295 e.